The molecule has 0 aromatic rings. The van der Waals surface area contributed by atoms with Gasteiger partial charge in [0.2, 0.25) is 0 Å². The number of esters is 2. The maximum atomic E-state index is 12.4. The van der Waals surface area contributed by atoms with Crippen molar-refractivity contribution in [2.75, 3.05) is 26.4 Å². The molecule has 0 aromatic heterocycles. The van der Waals surface area contributed by atoms with Gasteiger partial charge in [0, 0.05) is 12.8 Å². The van der Waals surface area contributed by atoms with E-state index in [1.807, 2.05) is 0 Å². The molecule has 61 heavy (non-hydrogen) atoms. The van der Waals surface area contributed by atoms with Gasteiger partial charge in [0.25, 0.3) is 0 Å². The van der Waals surface area contributed by atoms with Crippen LogP contribution in [0.2, 0.25) is 0 Å². The number of carbonyl (C=O) groups excluding carboxylic acids is 2. The van der Waals surface area contributed by atoms with Gasteiger partial charge < -0.3 is 24.6 Å². The van der Waals surface area contributed by atoms with Crippen LogP contribution >= 0.6 is 7.82 Å². The van der Waals surface area contributed by atoms with Crippen LogP contribution in [0.1, 0.15) is 245 Å². The van der Waals surface area contributed by atoms with Gasteiger partial charge in [0.1, 0.15) is 12.2 Å². The van der Waals surface area contributed by atoms with Crippen LogP contribution in [0.15, 0.2) is 24.3 Å². The van der Waals surface area contributed by atoms with Crippen molar-refractivity contribution in [3.05, 3.63) is 24.3 Å². The number of carbonyl (C=O) groups is 2. The molecule has 0 rings (SSSR count). The van der Waals surface area contributed by atoms with Gasteiger partial charge in [-0.15, -0.1) is 0 Å². The minimum atomic E-state index is -4.64. The summed E-state index contributed by atoms with van der Waals surface area (Å²) < 4.78 is 32.7. The number of hydrogen-bond acceptors (Lipinski definition) is 9. The molecule has 3 N–H and O–H groups in total. The number of rotatable bonds is 48. The number of ether oxygens (including phenoxy) is 2. The summed E-state index contributed by atoms with van der Waals surface area (Å²) in [5.41, 5.74) is 0. The highest BCUT2D eigenvalue weighted by Gasteiger charge is 2.27. The van der Waals surface area contributed by atoms with E-state index >= 15 is 0 Å². The Hall–Kier alpha value is -1.55. The molecule has 0 saturated carbocycles. The molecule has 3 atom stereocenters. The van der Waals surface area contributed by atoms with Crippen molar-refractivity contribution in [2.24, 2.45) is 0 Å². The molecule has 0 spiro atoms. The average molecular weight is 887 g/mol. The molecule has 0 radical (unpaired) electrons. The van der Waals surface area contributed by atoms with Crippen LogP contribution in [0, 0.1) is 0 Å². The molecule has 11 heteroatoms. The lowest BCUT2D eigenvalue weighted by molar-refractivity contribution is -0.153. The molecule has 10 nitrogen and oxygen atoms in total. The lowest BCUT2D eigenvalue weighted by atomic mass is 10.0. The van der Waals surface area contributed by atoms with Gasteiger partial charge in [-0.1, -0.05) is 212 Å². The number of hydrogen-bond donors (Lipinski definition) is 3. The van der Waals surface area contributed by atoms with Crippen molar-refractivity contribution in [1.29, 1.82) is 0 Å². The summed E-state index contributed by atoms with van der Waals surface area (Å²) in [6.07, 6.45) is 48.6. The zero-order valence-electron chi connectivity index (χ0n) is 39.4. The van der Waals surface area contributed by atoms with Crippen molar-refractivity contribution >= 4 is 19.8 Å². The predicted molar refractivity (Wildman–Crippen MR) is 252 cm³/mol. The second kappa shape index (κ2) is 46.4. The highest BCUT2D eigenvalue weighted by molar-refractivity contribution is 7.47. The summed E-state index contributed by atoms with van der Waals surface area (Å²) in [6, 6.07) is 0. The molecule has 0 aliphatic rings. The van der Waals surface area contributed by atoms with Crippen LogP contribution in [-0.4, -0.2) is 65.7 Å². The van der Waals surface area contributed by atoms with Gasteiger partial charge in [-0.25, -0.2) is 4.57 Å². The van der Waals surface area contributed by atoms with E-state index in [-0.39, 0.29) is 12.8 Å². The molecule has 0 aliphatic heterocycles. The summed E-state index contributed by atoms with van der Waals surface area (Å²) in [7, 11) is -4.64. The molecule has 360 valence electrons. The summed E-state index contributed by atoms with van der Waals surface area (Å²) >= 11 is 0. The summed E-state index contributed by atoms with van der Waals surface area (Å²) in [5, 5.41) is 19.2. The van der Waals surface area contributed by atoms with Crippen LogP contribution in [0.4, 0.5) is 0 Å². The predicted octanol–water partition coefficient (Wildman–Crippen LogP) is 14.1. The van der Waals surface area contributed by atoms with Gasteiger partial charge in [-0.2, -0.15) is 0 Å². The Bertz CT molecular complexity index is 1070. The molecule has 0 aromatic carbocycles. The number of aliphatic hydroxyl groups excluding tert-OH is 2. The molecule has 0 aliphatic carbocycles. The lowest BCUT2D eigenvalue weighted by Crippen LogP contribution is -2.28. The summed E-state index contributed by atoms with van der Waals surface area (Å²) in [6.45, 7) is 2.24. The van der Waals surface area contributed by atoms with E-state index < -0.39 is 58.4 Å². The summed E-state index contributed by atoms with van der Waals surface area (Å²) in [5.74, 6) is -1.01. The molecule has 3 unspecified atom stereocenters. The quantitative estimate of drug-likeness (QED) is 0.0233. The molecule has 0 bridgehead atoms. The van der Waals surface area contributed by atoms with Gasteiger partial charge in [0.05, 0.1) is 26.4 Å². The third kappa shape index (κ3) is 44.8. The third-order valence-electron chi connectivity index (χ3n) is 11.2. The first kappa shape index (κ1) is 59.5. The van der Waals surface area contributed by atoms with Gasteiger partial charge in [-0.3, -0.25) is 18.6 Å². The topological polar surface area (TPSA) is 149 Å². The van der Waals surface area contributed by atoms with E-state index in [4.69, 9.17) is 18.5 Å². The minimum Gasteiger partial charge on any atom is -0.457 e. The third-order valence-corrected chi connectivity index (χ3v) is 12.1. The van der Waals surface area contributed by atoms with Crippen molar-refractivity contribution in [2.45, 2.75) is 257 Å². The van der Waals surface area contributed by atoms with E-state index in [1.54, 1.807) is 0 Å². The molecule has 0 heterocycles. The Balaban J connectivity index is 3.81. The van der Waals surface area contributed by atoms with Crippen molar-refractivity contribution < 1.29 is 47.8 Å². The van der Waals surface area contributed by atoms with E-state index in [0.29, 0.717) is 12.8 Å². The standard InChI is InChI=1S/C50H95O10P/c1-3-5-7-9-11-13-15-17-19-20-21-22-23-24-25-26-28-30-32-34-36-38-40-42-50(54)60-48(44-52)46-58-61(55,56)57-45-47(43-51)59-49(53)41-39-37-35-33-31-29-27-18-16-14-12-10-8-6-4-2/h15,17,20-21,47-48,51-52H,3-14,16,18-19,22-46H2,1-2H3,(H,55,56)/b17-15-,21-20-. The first-order valence-corrected chi connectivity index (χ1v) is 26.8. The number of phosphoric acid groups is 1. The molecular formula is C50H95O10P. The number of aliphatic hydroxyl groups is 2. The summed E-state index contributed by atoms with van der Waals surface area (Å²) in [4.78, 5) is 34.6. The van der Waals surface area contributed by atoms with Crippen LogP contribution in [0.25, 0.3) is 0 Å². The zero-order valence-corrected chi connectivity index (χ0v) is 40.3. The SMILES string of the molecule is CCCCCCC/C=C\C/C=C\CCCCCCCCCCCCCC(=O)OC(CO)COP(=O)(O)OCC(CO)OC(=O)CCCCCCCCCCCCCCCCC. The highest BCUT2D eigenvalue weighted by Crippen LogP contribution is 2.43. The Morgan fingerprint density at radius 3 is 1.02 bits per heavy atom. The molecule has 0 amide bonds. The van der Waals surface area contributed by atoms with Crippen LogP contribution in [0.5, 0.6) is 0 Å². The molecule has 0 fully saturated rings. The second-order valence-corrected chi connectivity index (χ2v) is 18.6. The molecule has 0 saturated heterocycles. The van der Waals surface area contributed by atoms with E-state index in [2.05, 4.69) is 38.2 Å². The van der Waals surface area contributed by atoms with Crippen LogP contribution < -0.4 is 0 Å². The number of allylic oxidation sites excluding steroid dienone is 4. The van der Waals surface area contributed by atoms with E-state index in [1.165, 1.54) is 161 Å². The monoisotopic (exact) mass is 887 g/mol. The zero-order chi connectivity index (χ0) is 44.8. The first-order chi connectivity index (χ1) is 29.8. The first-order valence-electron chi connectivity index (χ1n) is 25.3. The van der Waals surface area contributed by atoms with Crippen LogP contribution in [-0.2, 0) is 32.7 Å². The van der Waals surface area contributed by atoms with Gasteiger partial charge in [-0.05, 0) is 44.9 Å². The van der Waals surface area contributed by atoms with E-state index in [9.17, 15) is 29.3 Å². The normalized spacial score (nSPS) is 13.9. The maximum absolute atomic E-state index is 12.4. The fraction of sp³-hybridized carbons (Fsp3) is 0.880. The van der Waals surface area contributed by atoms with Crippen molar-refractivity contribution in [1.82, 2.24) is 0 Å². The van der Waals surface area contributed by atoms with Gasteiger partial charge in [0.15, 0.2) is 0 Å². The van der Waals surface area contributed by atoms with Gasteiger partial charge >= 0.3 is 19.8 Å². The lowest BCUT2D eigenvalue weighted by Gasteiger charge is -2.20. The Kier molecular flexibility index (Phi) is 45.3. The fourth-order valence-corrected chi connectivity index (χ4v) is 8.05. The number of unbranched alkanes of at least 4 members (excludes halogenated alkanes) is 30. The van der Waals surface area contributed by atoms with Crippen LogP contribution in [0.3, 0.4) is 0 Å². The average Bonchev–Trinajstić information content (AvgIpc) is 3.25. The highest BCUT2D eigenvalue weighted by atomic mass is 31.2. The number of phosphoric ester groups is 1. The molecular weight excluding hydrogens is 792 g/mol. The van der Waals surface area contributed by atoms with E-state index in [0.717, 1.165) is 44.9 Å². The fourth-order valence-electron chi connectivity index (χ4n) is 7.27. The minimum absolute atomic E-state index is 0.192. The Morgan fingerprint density at radius 1 is 0.443 bits per heavy atom. The van der Waals surface area contributed by atoms with Crippen molar-refractivity contribution in [3.63, 3.8) is 0 Å². The second-order valence-electron chi connectivity index (χ2n) is 17.2. The largest absolute Gasteiger partial charge is 0.472 e. The Labute approximate surface area is 374 Å². The maximum Gasteiger partial charge on any atom is 0.472 e. The van der Waals surface area contributed by atoms with Crippen molar-refractivity contribution in [3.8, 4) is 0 Å². The Morgan fingerprint density at radius 2 is 0.721 bits per heavy atom. The smallest absolute Gasteiger partial charge is 0.457 e.